The summed E-state index contributed by atoms with van der Waals surface area (Å²) >= 11 is 0. The molecule has 0 saturated carbocycles. The van der Waals surface area contributed by atoms with E-state index in [2.05, 4.69) is 10.3 Å². The lowest BCUT2D eigenvalue weighted by Gasteiger charge is -2.34. The number of nitrogens with one attached hydrogen (secondary N) is 1. The Morgan fingerprint density at radius 2 is 2.44 bits per heavy atom. The number of aromatic nitrogens is 1. The molecule has 0 radical (unpaired) electrons. The lowest BCUT2D eigenvalue weighted by molar-refractivity contribution is -0.138. The van der Waals surface area contributed by atoms with Crippen LogP contribution < -0.4 is 10.2 Å². The molecule has 0 aromatic carbocycles. The molecule has 1 aliphatic rings. The van der Waals surface area contributed by atoms with Crippen LogP contribution in [-0.2, 0) is 4.79 Å². The summed E-state index contributed by atoms with van der Waals surface area (Å²) in [6.45, 7) is 1.66. The molecule has 1 unspecified atom stereocenters. The van der Waals surface area contributed by atoms with Crippen molar-refractivity contribution in [2.75, 3.05) is 24.5 Å². The summed E-state index contributed by atoms with van der Waals surface area (Å²) in [7, 11) is 0. The maximum atomic E-state index is 11.1. The summed E-state index contributed by atoms with van der Waals surface area (Å²) in [4.78, 5) is 17.0. The molecule has 6 nitrogen and oxygen atoms in total. The molecule has 7 heteroatoms. The van der Waals surface area contributed by atoms with Gasteiger partial charge in [0, 0.05) is 25.8 Å². The summed E-state index contributed by atoms with van der Waals surface area (Å²) in [5.41, 5.74) is 0.484. The smallest absolute Gasteiger partial charge is 0.327 e. The number of hydrogen-bond acceptors (Lipinski definition) is 5. The number of hydrogen-bond donors (Lipinski definition) is 2. The van der Waals surface area contributed by atoms with Crippen LogP contribution in [0, 0.1) is 11.3 Å². The van der Waals surface area contributed by atoms with E-state index in [1.807, 2.05) is 6.07 Å². The van der Waals surface area contributed by atoms with Crippen molar-refractivity contribution in [2.24, 2.45) is 0 Å². The van der Waals surface area contributed by atoms with Crippen molar-refractivity contribution in [1.29, 1.82) is 5.26 Å². The highest BCUT2D eigenvalue weighted by molar-refractivity contribution is 5.85. The molecule has 2 N–H and O–H groups in total. The minimum atomic E-state index is -0.888. The molecule has 96 valence electrons. The van der Waals surface area contributed by atoms with Gasteiger partial charge in [0.1, 0.15) is 11.9 Å². The number of halogens is 1. The van der Waals surface area contributed by atoms with Gasteiger partial charge in [0.25, 0.3) is 0 Å². The molecular formula is C11H13ClN4O2. The van der Waals surface area contributed by atoms with E-state index in [9.17, 15) is 4.79 Å². The first kappa shape index (κ1) is 14.2. The van der Waals surface area contributed by atoms with E-state index in [1.54, 1.807) is 17.0 Å². The van der Waals surface area contributed by atoms with E-state index < -0.39 is 12.0 Å². The molecule has 0 amide bonds. The van der Waals surface area contributed by atoms with Gasteiger partial charge in [-0.3, -0.25) is 0 Å². The predicted molar refractivity (Wildman–Crippen MR) is 67.8 cm³/mol. The lowest BCUT2D eigenvalue weighted by Crippen LogP contribution is -2.55. The summed E-state index contributed by atoms with van der Waals surface area (Å²) in [6.07, 6.45) is 1.52. The van der Waals surface area contributed by atoms with Gasteiger partial charge in [-0.15, -0.1) is 12.4 Å². The van der Waals surface area contributed by atoms with Gasteiger partial charge in [0.15, 0.2) is 0 Å². The van der Waals surface area contributed by atoms with Gasteiger partial charge >= 0.3 is 5.97 Å². The minimum absolute atomic E-state index is 0. The molecule has 2 rings (SSSR count). The molecule has 0 bridgehead atoms. The monoisotopic (exact) mass is 268 g/mol. The van der Waals surface area contributed by atoms with E-state index in [1.165, 1.54) is 6.20 Å². The van der Waals surface area contributed by atoms with Gasteiger partial charge in [-0.1, -0.05) is 0 Å². The van der Waals surface area contributed by atoms with Crippen molar-refractivity contribution in [3.63, 3.8) is 0 Å². The zero-order chi connectivity index (χ0) is 12.3. The zero-order valence-electron chi connectivity index (χ0n) is 9.54. The number of pyridine rings is 1. The maximum Gasteiger partial charge on any atom is 0.327 e. The van der Waals surface area contributed by atoms with Crippen LogP contribution in [0.15, 0.2) is 18.3 Å². The number of carboxylic acid groups (broad SMARTS) is 1. The number of carboxylic acids is 1. The van der Waals surface area contributed by atoms with Crippen LogP contribution in [0.5, 0.6) is 0 Å². The molecule has 1 atom stereocenters. The largest absolute Gasteiger partial charge is 0.480 e. The Kier molecular flexibility index (Phi) is 4.89. The van der Waals surface area contributed by atoms with Crippen LogP contribution in [0.4, 0.5) is 5.82 Å². The Morgan fingerprint density at radius 1 is 1.67 bits per heavy atom. The molecule has 2 heterocycles. The van der Waals surface area contributed by atoms with Crippen molar-refractivity contribution in [3.05, 3.63) is 23.9 Å². The van der Waals surface area contributed by atoms with Crippen molar-refractivity contribution in [2.45, 2.75) is 6.04 Å². The van der Waals surface area contributed by atoms with E-state index in [0.717, 1.165) is 0 Å². The second-order valence-electron chi connectivity index (χ2n) is 3.77. The van der Waals surface area contributed by atoms with Gasteiger partial charge in [-0.2, -0.15) is 5.26 Å². The van der Waals surface area contributed by atoms with Gasteiger partial charge < -0.3 is 15.3 Å². The molecule has 1 aliphatic heterocycles. The first-order valence-electron chi connectivity index (χ1n) is 5.28. The van der Waals surface area contributed by atoms with E-state index in [-0.39, 0.29) is 12.4 Å². The highest BCUT2D eigenvalue weighted by Gasteiger charge is 2.29. The SMILES string of the molecule is Cl.N#Cc1ccnc(N2CCNCC2C(=O)O)c1. The average molecular weight is 269 g/mol. The van der Waals surface area contributed by atoms with Crippen LogP contribution in [0.2, 0.25) is 0 Å². The minimum Gasteiger partial charge on any atom is -0.480 e. The lowest BCUT2D eigenvalue weighted by atomic mass is 10.2. The molecule has 0 aliphatic carbocycles. The van der Waals surface area contributed by atoms with Crippen LogP contribution in [0.25, 0.3) is 0 Å². The van der Waals surface area contributed by atoms with E-state index in [0.29, 0.717) is 31.0 Å². The zero-order valence-corrected chi connectivity index (χ0v) is 10.4. The van der Waals surface area contributed by atoms with Crippen molar-refractivity contribution in [3.8, 4) is 6.07 Å². The maximum absolute atomic E-state index is 11.1. The fourth-order valence-corrected chi connectivity index (χ4v) is 1.84. The normalized spacial score (nSPS) is 18.6. The number of aliphatic carboxylic acids is 1. The Balaban J connectivity index is 0.00000162. The number of nitriles is 1. The number of rotatable bonds is 2. The highest BCUT2D eigenvalue weighted by atomic mass is 35.5. The quantitative estimate of drug-likeness (QED) is 0.799. The number of nitrogens with zero attached hydrogens (tertiary/aromatic N) is 3. The fraction of sp³-hybridized carbons (Fsp3) is 0.364. The van der Waals surface area contributed by atoms with Crippen LogP contribution in [-0.4, -0.2) is 41.7 Å². The third-order valence-corrected chi connectivity index (χ3v) is 2.70. The summed E-state index contributed by atoms with van der Waals surface area (Å²) < 4.78 is 0. The summed E-state index contributed by atoms with van der Waals surface area (Å²) in [6, 6.07) is 4.60. The second kappa shape index (κ2) is 6.19. The topological polar surface area (TPSA) is 89.3 Å². The van der Waals surface area contributed by atoms with Crippen molar-refractivity contribution >= 4 is 24.2 Å². The number of piperazine rings is 1. The number of carbonyl (C=O) groups is 1. The van der Waals surface area contributed by atoms with Gasteiger partial charge in [-0.05, 0) is 12.1 Å². The van der Waals surface area contributed by atoms with Gasteiger partial charge in [0.05, 0.1) is 11.6 Å². The Bertz CT molecular complexity index is 474. The summed E-state index contributed by atoms with van der Waals surface area (Å²) in [5.74, 6) is -0.348. The number of anilines is 1. The molecule has 1 saturated heterocycles. The van der Waals surface area contributed by atoms with Gasteiger partial charge in [-0.25, -0.2) is 9.78 Å². The summed E-state index contributed by atoms with van der Waals surface area (Å²) in [5, 5.41) is 21.0. The molecule has 1 fully saturated rings. The Hall–Kier alpha value is -1.84. The molecular weight excluding hydrogens is 256 g/mol. The molecule has 0 spiro atoms. The predicted octanol–water partition coefficient (Wildman–Crippen LogP) is 0.238. The Morgan fingerprint density at radius 3 is 3.11 bits per heavy atom. The standard InChI is InChI=1S/C11H12N4O2.ClH/c12-6-8-1-2-14-10(5-8)15-4-3-13-7-9(15)11(16)17;/h1-2,5,9,13H,3-4,7H2,(H,16,17);1H. The van der Waals surface area contributed by atoms with Crippen molar-refractivity contribution < 1.29 is 9.90 Å². The second-order valence-corrected chi connectivity index (χ2v) is 3.77. The molecule has 1 aromatic rings. The average Bonchev–Trinajstić information content (AvgIpc) is 2.39. The third-order valence-electron chi connectivity index (χ3n) is 2.70. The van der Waals surface area contributed by atoms with Crippen LogP contribution >= 0.6 is 12.4 Å². The van der Waals surface area contributed by atoms with Crippen LogP contribution in [0.3, 0.4) is 0 Å². The third kappa shape index (κ3) is 2.88. The highest BCUT2D eigenvalue weighted by Crippen LogP contribution is 2.16. The fourth-order valence-electron chi connectivity index (χ4n) is 1.84. The Labute approximate surface area is 111 Å². The first-order valence-corrected chi connectivity index (χ1v) is 5.28. The van der Waals surface area contributed by atoms with Gasteiger partial charge in [0.2, 0.25) is 0 Å². The van der Waals surface area contributed by atoms with E-state index in [4.69, 9.17) is 10.4 Å². The molecule has 18 heavy (non-hydrogen) atoms. The molecule has 1 aromatic heterocycles. The van der Waals surface area contributed by atoms with E-state index >= 15 is 0 Å². The van der Waals surface area contributed by atoms with Crippen LogP contribution in [0.1, 0.15) is 5.56 Å². The first-order chi connectivity index (χ1) is 8.22. The van der Waals surface area contributed by atoms with Crippen molar-refractivity contribution in [1.82, 2.24) is 10.3 Å².